The van der Waals surface area contributed by atoms with Gasteiger partial charge in [-0.1, -0.05) is 32.9 Å². The maximum Gasteiger partial charge on any atom is 0.407 e. The lowest BCUT2D eigenvalue weighted by Gasteiger charge is -2.27. The van der Waals surface area contributed by atoms with E-state index in [1.54, 1.807) is 0 Å². The van der Waals surface area contributed by atoms with E-state index in [0.29, 0.717) is 0 Å². The van der Waals surface area contributed by atoms with Crippen molar-refractivity contribution in [2.75, 3.05) is 6.54 Å². The molecule has 9 nitrogen and oxygen atoms in total. The number of halogens is 1. The van der Waals surface area contributed by atoms with Gasteiger partial charge >= 0.3 is 6.09 Å². The van der Waals surface area contributed by atoms with Crippen molar-refractivity contribution >= 4 is 15.9 Å². The maximum atomic E-state index is 14.6. The van der Waals surface area contributed by atoms with Gasteiger partial charge in [0.2, 0.25) is 9.84 Å². The molecule has 0 aliphatic rings. The normalized spacial score (nSPS) is 11.7. The lowest BCUT2D eigenvalue weighted by molar-refractivity contribution is 0.122. The Morgan fingerprint density at radius 1 is 1.24 bits per heavy atom. The molecule has 0 fully saturated rings. The molecule has 1 aromatic carbocycles. The molecule has 33 heavy (non-hydrogen) atoms. The molecule has 3 aromatic rings. The van der Waals surface area contributed by atoms with E-state index in [-0.39, 0.29) is 45.5 Å². The zero-order valence-electron chi connectivity index (χ0n) is 18.2. The summed E-state index contributed by atoms with van der Waals surface area (Å²) in [4.78, 5) is 16.5. The molecule has 1 N–H and O–H groups in total. The van der Waals surface area contributed by atoms with Gasteiger partial charge in [-0.05, 0) is 29.7 Å². The maximum absolute atomic E-state index is 14.6. The molecule has 0 saturated heterocycles. The third kappa shape index (κ3) is 5.35. The largest absolute Gasteiger partial charge is 0.465 e. The Bertz CT molecular complexity index is 1320. The van der Waals surface area contributed by atoms with Crippen LogP contribution in [-0.4, -0.2) is 45.8 Å². The van der Waals surface area contributed by atoms with Crippen LogP contribution in [0.15, 0.2) is 58.6 Å². The van der Waals surface area contributed by atoms with Crippen molar-refractivity contribution < 1.29 is 22.7 Å². The number of para-hydroxylation sites is 1. The van der Waals surface area contributed by atoms with Crippen molar-refractivity contribution in [2.24, 2.45) is 5.41 Å². The van der Waals surface area contributed by atoms with Gasteiger partial charge in [0.1, 0.15) is 23.3 Å². The van der Waals surface area contributed by atoms with Gasteiger partial charge in [-0.2, -0.15) is 10.4 Å². The Morgan fingerprint density at radius 3 is 2.48 bits per heavy atom. The summed E-state index contributed by atoms with van der Waals surface area (Å²) in [5.41, 5.74) is -0.293. The second-order valence-corrected chi connectivity index (χ2v) is 10.4. The Labute approximate surface area is 190 Å². The van der Waals surface area contributed by atoms with Crippen LogP contribution in [0.4, 0.5) is 9.18 Å². The summed E-state index contributed by atoms with van der Waals surface area (Å²) in [7, 11) is -4.23. The number of hydrogen-bond donors (Lipinski definition) is 1. The predicted octanol–water partition coefficient (Wildman–Crippen LogP) is 3.64. The molecule has 1 amide bonds. The summed E-state index contributed by atoms with van der Waals surface area (Å²) in [5, 5.41) is 22.4. The molecule has 0 saturated carbocycles. The van der Waals surface area contributed by atoms with E-state index in [1.807, 2.05) is 26.8 Å². The molecule has 0 aliphatic heterocycles. The monoisotopic (exact) mass is 471 g/mol. The minimum Gasteiger partial charge on any atom is -0.465 e. The van der Waals surface area contributed by atoms with Crippen LogP contribution >= 0.6 is 0 Å². The SMILES string of the molecule is CC(C)(C)CN(Cc1cc(S(=O)(=O)c2ccc(C#N)nc2)n(-c2ccccc2F)n1)C(=O)O. The molecule has 0 radical (unpaired) electrons. The van der Waals surface area contributed by atoms with E-state index in [1.165, 1.54) is 42.5 Å². The van der Waals surface area contributed by atoms with Crippen molar-refractivity contribution in [3.05, 3.63) is 65.9 Å². The average Bonchev–Trinajstić information content (AvgIpc) is 3.17. The number of nitriles is 1. The van der Waals surface area contributed by atoms with Crippen LogP contribution < -0.4 is 0 Å². The van der Waals surface area contributed by atoms with Crippen molar-refractivity contribution in [3.8, 4) is 11.8 Å². The van der Waals surface area contributed by atoms with Crippen LogP contribution in [0, 0.1) is 22.6 Å². The van der Waals surface area contributed by atoms with Crippen LogP contribution in [0.3, 0.4) is 0 Å². The number of rotatable bonds is 6. The van der Waals surface area contributed by atoms with Crippen LogP contribution in [0.5, 0.6) is 0 Å². The van der Waals surface area contributed by atoms with E-state index >= 15 is 0 Å². The van der Waals surface area contributed by atoms with E-state index in [0.717, 1.165) is 15.8 Å². The minimum absolute atomic E-state index is 0.0385. The smallest absolute Gasteiger partial charge is 0.407 e. The Morgan fingerprint density at radius 2 is 1.94 bits per heavy atom. The molecule has 172 valence electrons. The third-order valence-corrected chi connectivity index (χ3v) is 6.24. The Kier molecular flexibility index (Phi) is 6.51. The highest BCUT2D eigenvalue weighted by Crippen LogP contribution is 2.26. The fourth-order valence-electron chi connectivity index (χ4n) is 3.16. The molecular formula is C22H22FN5O4S. The molecular weight excluding hydrogens is 449 g/mol. The average molecular weight is 472 g/mol. The highest BCUT2D eigenvalue weighted by Gasteiger charge is 2.28. The van der Waals surface area contributed by atoms with E-state index in [9.17, 15) is 22.7 Å². The standard InChI is InChI=1S/C22H22FN5O4S/c1-22(2,3)14-27(21(29)30)13-16-10-20(28(26-16)19-7-5-4-6-18(19)23)33(31,32)17-9-8-15(11-24)25-12-17/h4-10,12H,13-14H2,1-3H3,(H,29,30). The fraction of sp³-hybridized carbons (Fsp3) is 0.273. The minimum atomic E-state index is -4.23. The highest BCUT2D eigenvalue weighted by atomic mass is 32.2. The number of carbonyl (C=O) groups is 1. The predicted molar refractivity (Wildman–Crippen MR) is 116 cm³/mol. The molecule has 0 bridgehead atoms. The second-order valence-electron chi connectivity index (χ2n) is 8.53. The quantitative estimate of drug-likeness (QED) is 0.581. The summed E-state index contributed by atoms with van der Waals surface area (Å²) in [6.07, 6.45) is -0.152. The number of benzene rings is 1. The van der Waals surface area contributed by atoms with Gasteiger partial charge in [-0.25, -0.2) is 27.3 Å². The Balaban J connectivity index is 2.14. The van der Waals surface area contributed by atoms with Gasteiger partial charge in [-0.15, -0.1) is 0 Å². The first-order chi connectivity index (χ1) is 15.4. The summed E-state index contributed by atoms with van der Waals surface area (Å²) < 4.78 is 42.2. The van der Waals surface area contributed by atoms with E-state index in [4.69, 9.17) is 5.26 Å². The first-order valence-corrected chi connectivity index (χ1v) is 11.3. The number of sulfone groups is 1. The molecule has 2 aromatic heterocycles. The molecule has 0 unspecified atom stereocenters. The number of amides is 1. The van der Waals surface area contributed by atoms with Gasteiger partial charge in [0.25, 0.3) is 0 Å². The summed E-state index contributed by atoms with van der Waals surface area (Å²) in [5.74, 6) is -0.702. The summed E-state index contributed by atoms with van der Waals surface area (Å²) in [6.45, 7) is 5.59. The number of nitrogens with zero attached hydrogens (tertiary/aromatic N) is 5. The van der Waals surface area contributed by atoms with E-state index < -0.39 is 21.7 Å². The summed E-state index contributed by atoms with van der Waals surface area (Å²) in [6, 6.07) is 11.0. The zero-order chi connectivity index (χ0) is 24.4. The zero-order valence-corrected chi connectivity index (χ0v) is 19.0. The Hall–Kier alpha value is -3.78. The van der Waals surface area contributed by atoms with Gasteiger partial charge < -0.3 is 10.0 Å². The fourth-order valence-corrected chi connectivity index (χ4v) is 4.50. The topological polar surface area (TPSA) is 129 Å². The number of hydrogen-bond acceptors (Lipinski definition) is 6. The number of pyridine rings is 1. The van der Waals surface area contributed by atoms with Gasteiger partial charge in [0.15, 0.2) is 5.03 Å². The molecule has 11 heteroatoms. The van der Waals surface area contributed by atoms with Gasteiger partial charge in [0.05, 0.1) is 17.1 Å². The van der Waals surface area contributed by atoms with Crippen LogP contribution in [0.2, 0.25) is 0 Å². The third-order valence-electron chi connectivity index (χ3n) is 4.53. The van der Waals surface area contributed by atoms with Gasteiger partial charge in [-0.3, -0.25) is 0 Å². The molecule has 3 rings (SSSR count). The van der Waals surface area contributed by atoms with Crippen LogP contribution in [-0.2, 0) is 16.4 Å². The van der Waals surface area contributed by atoms with Gasteiger partial charge in [0, 0.05) is 18.8 Å². The molecule has 0 spiro atoms. The lowest BCUT2D eigenvalue weighted by atomic mass is 9.96. The van der Waals surface area contributed by atoms with Crippen molar-refractivity contribution in [3.63, 3.8) is 0 Å². The highest BCUT2D eigenvalue weighted by molar-refractivity contribution is 7.91. The number of carboxylic acid groups (broad SMARTS) is 1. The van der Waals surface area contributed by atoms with Crippen molar-refractivity contribution in [1.29, 1.82) is 5.26 Å². The lowest BCUT2D eigenvalue weighted by Crippen LogP contribution is -2.36. The second kappa shape index (κ2) is 8.99. The first kappa shape index (κ1) is 23.9. The molecule has 2 heterocycles. The van der Waals surface area contributed by atoms with Crippen molar-refractivity contribution in [1.82, 2.24) is 19.7 Å². The number of aromatic nitrogens is 3. The van der Waals surface area contributed by atoms with Crippen LogP contribution in [0.25, 0.3) is 5.69 Å². The van der Waals surface area contributed by atoms with Crippen molar-refractivity contribution in [2.45, 2.75) is 37.2 Å². The molecule has 0 atom stereocenters. The van der Waals surface area contributed by atoms with E-state index in [2.05, 4.69) is 10.1 Å². The molecule has 0 aliphatic carbocycles. The first-order valence-electron chi connectivity index (χ1n) is 9.85. The summed E-state index contributed by atoms with van der Waals surface area (Å²) >= 11 is 0. The van der Waals surface area contributed by atoms with Crippen LogP contribution in [0.1, 0.15) is 32.2 Å².